The minimum absolute atomic E-state index is 0.0381. The number of aromatic carboxylic acids is 1. The van der Waals surface area contributed by atoms with E-state index in [1.807, 2.05) is 18.9 Å². The van der Waals surface area contributed by atoms with Gasteiger partial charge in [-0.3, -0.25) is 9.59 Å². The minimum Gasteiger partial charge on any atom is -0.494 e. The van der Waals surface area contributed by atoms with Crippen molar-refractivity contribution < 1.29 is 24.2 Å². The highest BCUT2D eigenvalue weighted by molar-refractivity contribution is 6.06. The van der Waals surface area contributed by atoms with Crippen molar-refractivity contribution in [2.24, 2.45) is 0 Å². The maximum Gasteiger partial charge on any atom is 0.335 e. The lowest BCUT2D eigenvalue weighted by Gasteiger charge is -2.42. The molecule has 1 aromatic rings. The first-order chi connectivity index (χ1) is 13.9. The third kappa shape index (κ3) is 3.16. The Kier molecular flexibility index (Phi) is 5.03. The molecule has 0 bridgehead atoms. The van der Waals surface area contributed by atoms with Crippen LogP contribution in [0.4, 0.5) is 0 Å². The van der Waals surface area contributed by atoms with E-state index in [9.17, 15) is 19.5 Å². The molecule has 4 rings (SSSR count). The number of ketones is 2. The van der Waals surface area contributed by atoms with Crippen LogP contribution in [0.15, 0.2) is 40.7 Å². The number of ether oxygens (including phenoxy) is 1. The summed E-state index contributed by atoms with van der Waals surface area (Å²) < 4.78 is 5.81. The summed E-state index contributed by atoms with van der Waals surface area (Å²) in [6.07, 6.45) is 4.03. The van der Waals surface area contributed by atoms with Gasteiger partial charge in [-0.05, 0) is 50.8 Å². The third-order valence-corrected chi connectivity index (χ3v) is 6.11. The van der Waals surface area contributed by atoms with Gasteiger partial charge in [-0.1, -0.05) is 0 Å². The van der Waals surface area contributed by atoms with Gasteiger partial charge >= 0.3 is 5.97 Å². The number of carbonyl (C=O) groups excluding carboxylic acids is 2. The molecule has 0 spiro atoms. The van der Waals surface area contributed by atoms with Crippen molar-refractivity contribution in [3.05, 3.63) is 51.9 Å². The van der Waals surface area contributed by atoms with Gasteiger partial charge in [0.25, 0.3) is 0 Å². The molecule has 0 amide bonds. The standard InChI is InChI=1S/C23H25NO5/c1-3-29-19-11-10-13(23(27)28)12-14(19)20-21-15(6-4-8-17(21)25)24(2)16-7-5-9-18(26)22(16)20/h10-12,20H,3-9H2,1-2H3,(H,27,28). The second kappa shape index (κ2) is 7.50. The molecule has 152 valence electrons. The molecule has 0 unspecified atom stereocenters. The Bertz CT molecular complexity index is 927. The van der Waals surface area contributed by atoms with Crippen molar-refractivity contribution in [1.29, 1.82) is 0 Å². The summed E-state index contributed by atoms with van der Waals surface area (Å²) >= 11 is 0. The zero-order chi connectivity index (χ0) is 20.7. The normalized spacial score (nSPS) is 20.0. The maximum atomic E-state index is 13.1. The summed E-state index contributed by atoms with van der Waals surface area (Å²) in [6, 6.07) is 4.71. The van der Waals surface area contributed by atoms with Crippen LogP contribution in [0.1, 0.15) is 67.3 Å². The van der Waals surface area contributed by atoms with Gasteiger partial charge in [0, 0.05) is 53.9 Å². The van der Waals surface area contributed by atoms with E-state index in [0.29, 0.717) is 41.9 Å². The Morgan fingerprint density at radius 2 is 1.66 bits per heavy atom. The van der Waals surface area contributed by atoms with Crippen molar-refractivity contribution >= 4 is 17.5 Å². The van der Waals surface area contributed by atoms with Gasteiger partial charge in [0.2, 0.25) is 0 Å². The number of hydrogen-bond acceptors (Lipinski definition) is 5. The SMILES string of the molecule is CCOc1ccc(C(=O)O)cc1C1C2=C(CCCC2=O)N(C)C2=C1C(=O)CCC2. The highest BCUT2D eigenvalue weighted by Crippen LogP contribution is 2.50. The van der Waals surface area contributed by atoms with Crippen LogP contribution in [-0.2, 0) is 9.59 Å². The lowest BCUT2D eigenvalue weighted by Crippen LogP contribution is -2.37. The Hall–Kier alpha value is -2.89. The van der Waals surface area contributed by atoms with Crippen LogP contribution in [0.25, 0.3) is 0 Å². The van der Waals surface area contributed by atoms with Crippen LogP contribution in [0.3, 0.4) is 0 Å². The van der Waals surface area contributed by atoms with E-state index < -0.39 is 11.9 Å². The largest absolute Gasteiger partial charge is 0.494 e. The first kappa shape index (κ1) is 19.4. The minimum atomic E-state index is -1.05. The number of hydrogen-bond donors (Lipinski definition) is 1. The van der Waals surface area contributed by atoms with E-state index in [2.05, 4.69) is 0 Å². The summed E-state index contributed by atoms with van der Waals surface area (Å²) in [5, 5.41) is 9.53. The van der Waals surface area contributed by atoms with Crippen LogP contribution in [-0.4, -0.2) is 41.2 Å². The molecule has 29 heavy (non-hydrogen) atoms. The molecular formula is C23H25NO5. The molecule has 0 aromatic heterocycles. The molecule has 1 N–H and O–H groups in total. The predicted molar refractivity (Wildman–Crippen MR) is 107 cm³/mol. The Balaban J connectivity index is 2.00. The first-order valence-corrected chi connectivity index (χ1v) is 10.2. The number of carbonyl (C=O) groups is 3. The lowest BCUT2D eigenvalue weighted by atomic mass is 9.70. The molecule has 0 radical (unpaired) electrons. The lowest BCUT2D eigenvalue weighted by molar-refractivity contribution is -0.117. The second-order valence-electron chi connectivity index (χ2n) is 7.76. The van der Waals surface area contributed by atoms with Crippen LogP contribution < -0.4 is 4.74 Å². The van der Waals surface area contributed by atoms with Crippen LogP contribution in [0, 0.1) is 0 Å². The average Bonchev–Trinajstić information content (AvgIpc) is 2.70. The molecule has 1 aliphatic heterocycles. The van der Waals surface area contributed by atoms with Crippen LogP contribution in [0.2, 0.25) is 0 Å². The second-order valence-corrected chi connectivity index (χ2v) is 7.76. The maximum absolute atomic E-state index is 13.1. The predicted octanol–water partition coefficient (Wildman–Crippen LogP) is 3.83. The summed E-state index contributed by atoms with van der Waals surface area (Å²) in [5.74, 6) is -0.997. The topological polar surface area (TPSA) is 83.9 Å². The number of benzene rings is 1. The van der Waals surface area contributed by atoms with Crippen molar-refractivity contribution in [1.82, 2.24) is 4.90 Å². The number of rotatable bonds is 4. The number of Topliss-reactive ketones (excluding diaryl/α,β-unsaturated/α-hetero) is 2. The van der Waals surface area contributed by atoms with Gasteiger partial charge in [0.1, 0.15) is 5.75 Å². The zero-order valence-corrected chi connectivity index (χ0v) is 16.8. The smallest absolute Gasteiger partial charge is 0.335 e. The van der Waals surface area contributed by atoms with Gasteiger partial charge in [-0.25, -0.2) is 4.79 Å². The highest BCUT2D eigenvalue weighted by atomic mass is 16.5. The Morgan fingerprint density at radius 3 is 2.17 bits per heavy atom. The van der Waals surface area contributed by atoms with E-state index in [-0.39, 0.29) is 17.1 Å². The molecule has 0 fully saturated rings. The fraction of sp³-hybridized carbons (Fsp3) is 0.435. The summed E-state index contributed by atoms with van der Waals surface area (Å²) in [5.41, 5.74) is 3.92. The van der Waals surface area contributed by atoms with Crippen molar-refractivity contribution in [3.8, 4) is 5.75 Å². The van der Waals surface area contributed by atoms with Gasteiger partial charge in [0.15, 0.2) is 11.6 Å². The molecule has 2 aliphatic carbocycles. The van der Waals surface area contributed by atoms with Crippen LogP contribution in [0.5, 0.6) is 5.75 Å². The molecule has 6 nitrogen and oxygen atoms in total. The number of carboxylic acids is 1. The molecule has 0 saturated carbocycles. The molecule has 0 atom stereocenters. The summed E-state index contributed by atoms with van der Waals surface area (Å²) in [7, 11) is 1.94. The van der Waals surface area contributed by atoms with E-state index >= 15 is 0 Å². The Labute approximate surface area is 169 Å². The molecule has 3 aliphatic rings. The quantitative estimate of drug-likeness (QED) is 0.834. The van der Waals surface area contributed by atoms with E-state index in [1.165, 1.54) is 6.07 Å². The van der Waals surface area contributed by atoms with E-state index in [4.69, 9.17) is 4.74 Å². The van der Waals surface area contributed by atoms with Gasteiger partial charge in [-0.15, -0.1) is 0 Å². The first-order valence-electron chi connectivity index (χ1n) is 10.2. The zero-order valence-electron chi connectivity index (χ0n) is 16.8. The fourth-order valence-corrected chi connectivity index (χ4v) is 4.86. The molecular weight excluding hydrogens is 370 g/mol. The van der Waals surface area contributed by atoms with E-state index in [0.717, 1.165) is 37.1 Å². The number of carboxylic acid groups (broad SMARTS) is 1. The van der Waals surface area contributed by atoms with E-state index in [1.54, 1.807) is 12.1 Å². The number of allylic oxidation sites excluding steroid dienone is 4. The average molecular weight is 395 g/mol. The highest BCUT2D eigenvalue weighted by Gasteiger charge is 2.43. The summed E-state index contributed by atoms with van der Waals surface area (Å²) in [4.78, 5) is 39.8. The van der Waals surface area contributed by atoms with Gasteiger partial charge in [0.05, 0.1) is 12.2 Å². The fourth-order valence-electron chi connectivity index (χ4n) is 4.86. The molecule has 0 saturated heterocycles. The van der Waals surface area contributed by atoms with Gasteiger partial charge < -0.3 is 14.7 Å². The third-order valence-electron chi connectivity index (χ3n) is 6.11. The molecule has 1 aromatic carbocycles. The van der Waals surface area contributed by atoms with Crippen molar-refractivity contribution in [2.75, 3.05) is 13.7 Å². The summed E-state index contributed by atoms with van der Waals surface area (Å²) in [6.45, 7) is 2.27. The van der Waals surface area contributed by atoms with Crippen LogP contribution >= 0.6 is 0 Å². The molecule has 6 heteroatoms. The molecule has 1 heterocycles. The van der Waals surface area contributed by atoms with Crippen molar-refractivity contribution in [2.45, 2.75) is 51.4 Å². The number of nitrogens with zero attached hydrogens (tertiary/aromatic N) is 1. The Morgan fingerprint density at radius 1 is 1.07 bits per heavy atom. The monoisotopic (exact) mass is 395 g/mol. The van der Waals surface area contributed by atoms with Crippen molar-refractivity contribution in [3.63, 3.8) is 0 Å². The van der Waals surface area contributed by atoms with Gasteiger partial charge in [-0.2, -0.15) is 0 Å².